The molecule has 0 unspecified atom stereocenters. The van der Waals surface area contributed by atoms with E-state index in [4.69, 9.17) is 16.3 Å². The van der Waals surface area contributed by atoms with Crippen LogP contribution in [-0.4, -0.2) is 34.3 Å². The maximum atomic E-state index is 12.6. The number of ether oxygens (including phenoxy) is 1. The molecular weight excluding hydrogens is 413 g/mol. The van der Waals surface area contributed by atoms with Crippen molar-refractivity contribution in [2.45, 2.75) is 6.54 Å². The van der Waals surface area contributed by atoms with Gasteiger partial charge in [-0.25, -0.2) is 0 Å². The molecule has 0 aliphatic carbocycles. The van der Waals surface area contributed by atoms with Gasteiger partial charge in [-0.2, -0.15) is 5.10 Å². The van der Waals surface area contributed by atoms with E-state index in [9.17, 15) is 4.79 Å². The second-order valence-electron chi connectivity index (χ2n) is 3.87. The van der Waals surface area contributed by atoms with Gasteiger partial charge in [-0.05, 0) is 37.9 Å². The van der Waals surface area contributed by atoms with Gasteiger partial charge in [0.2, 0.25) is 5.78 Å². The highest BCUT2D eigenvalue weighted by molar-refractivity contribution is 9.11. The Morgan fingerprint density at radius 2 is 2.20 bits per heavy atom. The number of nitrogens with zero attached hydrogens (tertiary/aromatic N) is 3. The van der Waals surface area contributed by atoms with Crippen LogP contribution >= 0.6 is 43.5 Å². The van der Waals surface area contributed by atoms with Crippen molar-refractivity contribution in [3.63, 3.8) is 0 Å². The van der Waals surface area contributed by atoms with Gasteiger partial charge in [0, 0.05) is 22.3 Å². The first-order valence-electron chi connectivity index (χ1n) is 5.60. The van der Waals surface area contributed by atoms with Gasteiger partial charge < -0.3 is 4.74 Å². The Hall–Kier alpha value is -0.760. The summed E-state index contributed by atoms with van der Waals surface area (Å²) in [6.07, 6.45) is 3.00. The van der Waals surface area contributed by atoms with Crippen LogP contribution in [0.2, 0.25) is 5.02 Å². The van der Waals surface area contributed by atoms with Crippen LogP contribution in [0.15, 0.2) is 27.4 Å². The Morgan fingerprint density at radius 3 is 2.85 bits per heavy atom. The number of rotatable bonds is 5. The predicted octanol–water partition coefficient (Wildman–Crippen LogP) is 3.33. The monoisotopic (exact) mass is 421 g/mol. The summed E-state index contributed by atoms with van der Waals surface area (Å²) in [4.78, 5) is 16.7. The minimum Gasteiger partial charge on any atom is -0.383 e. The van der Waals surface area contributed by atoms with E-state index in [2.05, 4.69) is 41.9 Å². The second-order valence-corrected chi connectivity index (χ2v) is 6.05. The van der Waals surface area contributed by atoms with Gasteiger partial charge in [0.25, 0.3) is 0 Å². The van der Waals surface area contributed by atoms with E-state index in [1.165, 1.54) is 10.9 Å². The normalized spacial score (nSPS) is 10.8. The molecule has 0 aliphatic rings. The number of methoxy groups -OCH3 is 1. The fourth-order valence-corrected chi connectivity index (χ4v) is 3.02. The quantitative estimate of drug-likeness (QED) is 0.693. The summed E-state index contributed by atoms with van der Waals surface area (Å²) in [5.41, 5.74) is 0.591. The van der Waals surface area contributed by atoms with Crippen LogP contribution in [0.4, 0.5) is 0 Å². The average molecular weight is 423 g/mol. The topological polar surface area (TPSA) is 57.0 Å². The lowest BCUT2D eigenvalue weighted by Gasteiger charge is -2.07. The highest BCUT2D eigenvalue weighted by Crippen LogP contribution is 2.25. The molecule has 2 rings (SSSR count). The number of hydrogen-bond donors (Lipinski definition) is 0. The molecule has 0 saturated heterocycles. The van der Waals surface area contributed by atoms with Crippen molar-refractivity contribution in [3.05, 3.63) is 43.8 Å². The van der Waals surface area contributed by atoms with E-state index < -0.39 is 0 Å². The smallest absolute Gasteiger partial charge is 0.232 e. The number of pyridine rings is 1. The largest absolute Gasteiger partial charge is 0.383 e. The van der Waals surface area contributed by atoms with Crippen LogP contribution in [-0.2, 0) is 11.3 Å². The van der Waals surface area contributed by atoms with Gasteiger partial charge >= 0.3 is 0 Å². The van der Waals surface area contributed by atoms with Crippen molar-refractivity contribution in [2.24, 2.45) is 0 Å². The molecule has 20 heavy (non-hydrogen) atoms. The van der Waals surface area contributed by atoms with E-state index in [-0.39, 0.29) is 11.5 Å². The standard InChI is InChI=1S/C12H10Br2ClN3O2/c1-20-3-2-18-11(9(15)6-17-18)12(19)10-8(14)4-7(13)5-16-10/h4-6H,2-3H2,1H3. The first-order valence-corrected chi connectivity index (χ1v) is 7.57. The molecule has 0 fully saturated rings. The first kappa shape index (κ1) is 15.6. The number of carbonyl (C=O) groups is 1. The van der Waals surface area contributed by atoms with Crippen molar-refractivity contribution in [2.75, 3.05) is 13.7 Å². The van der Waals surface area contributed by atoms with Gasteiger partial charge in [0.15, 0.2) is 0 Å². The summed E-state index contributed by atoms with van der Waals surface area (Å²) >= 11 is 12.7. The van der Waals surface area contributed by atoms with Crippen LogP contribution in [0.1, 0.15) is 16.2 Å². The molecule has 2 aromatic heterocycles. The van der Waals surface area contributed by atoms with Crippen LogP contribution in [0.5, 0.6) is 0 Å². The third-order valence-corrected chi connectivity index (χ3v) is 3.85. The Balaban J connectivity index is 2.40. The third kappa shape index (κ3) is 3.28. The van der Waals surface area contributed by atoms with E-state index in [0.717, 1.165) is 4.47 Å². The van der Waals surface area contributed by atoms with Crippen molar-refractivity contribution in [1.82, 2.24) is 14.8 Å². The fourth-order valence-electron chi connectivity index (χ4n) is 1.63. The summed E-state index contributed by atoms with van der Waals surface area (Å²) in [5, 5.41) is 4.37. The van der Waals surface area contributed by atoms with Gasteiger partial charge in [-0.1, -0.05) is 11.6 Å². The molecule has 2 heterocycles. The maximum absolute atomic E-state index is 12.6. The zero-order valence-electron chi connectivity index (χ0n) is 10.4. The van der Waals surface area contributed by atoms with Crippen molar-refractivity contribution in [3.8, 4) is 0 Å². The number of carbonyl (C=O) groups excluding carboxylic acids is 1. The summed E-state index contributed by atoms with van der Waals surface area (Å²) < 4.78 is 7.87. The maximum Gasteiger partial charge on any atom is 0.232 e. The lowest BCUT2D eigenvalue weighted by Crippen LogP contribution is -2.16. The van der Waals surface area contributed by atoms with Crippen molar-refractivity contribution < 1.29 is 9.53 Å². The molecule has 0 saturated carbocycles. The molecule has 2 aromatic rings. The van der Waals surface area contributed by atoms with Gasteiger partial charge in [0.05, 0.1) is 24.4 Å². The highest BCUT2D eigenvalue weighted by Gasteiger charge is 2.22. The van der Waals surface area contributed by atoms with Crippen LogP contribution in [0.3, 0.4) is 0 Å². The molecule has 0 amide bonds. The van der Waals surface area contributed by atoms with Gasteiger partial charge in [0.1, 0.15) is 11.4 Å². The number of hydrogen-bond acceptors (Lipinski definition) is 4. The molecule has 0 N–H and O–H groups in total. The summed E-state index contributed by atoms with van der Waals surface area (Å²) in [6.45, 7) is 0.881. The van der Waals surface area contributed by atoms with Gasteiger partial charge in [-0.15, -0.1) is 0 Å². The van der Waals surface area contributed by atoms with Gasteiger partial charge in [-0.3, -0.25) is 14.5 Å². The molecule has 0 aliphatic heterocycles. The molecule has 106 valence electrons. The lowest BCUT2D eigenvalue weighted by molar-refractivity contribution is 0.102. The summed E-state index contributed by atoms with van der Waals surface area (Å²) in [7, 11) is 1.58. The van der Waals surface area contributed by atoms with E-state index in [1.54, 1.807) is 19.4 Å². The fraction of sp³-hybridized carbons (Fsp3) is 0.250. The summed E-state index contributed by atoms with van der Waals surface area (Å²) in [6, 6.07) is 1.75. The molecule has 8 heteroatoms. The van der Waals surface area contributed by atoms with E-state index in [0.29, 0.717) is 28.3 Å². The number of ketones is 1. The Bertz CT molecular complexity index is 646. The van der Waals surface area contributed by atoms with Crippen molar-refractivity contribution >= 4 is 49.2 Å². The van der Waals surface area contributed by atoms with Crippen LogP contribution in [0.25, 0.3) is 0 Å². The minimum atomic E-state index is -0.289. The first-order chi connectivity index (χ1) is 9.54. The van der Waals surface area contributed by atoms with Crippen molar-refractivity contribution in [1.29, 1.82) is 0 Å². The lowest BCUT2D eigenvalue weighted by atomic mass is 10.2. The molecular formula is C12H10Br2ClN3O2. The molecule has 0 aromatic carbocycles. The SMILES string of the molecule is COCCn1ncc(Cl)c1C(=O)c1ncc(Br)cc1Br. The van der Waals surface area contributed by atoms with Crippen LogP contribution < -0.4 is 0 Å². The Morgan fingerprint density at radius 1 is 1.45 bits per heavy atom. The zero-order valence-corrected chi connectivity index (χ0v) is 14.4. The highest BCUT2D eigenvalue weighted by atomic mass is 79.9. The minimum absolute atomic E-state index is 0.286. The molecule has 5 nitrogen and oxygen atoms in total. The van der Waals surface area contributed by atoms with E-state index in [1.807, 2.05) is 0 Å². The second kappa shape index (κ2) is 6.80. The Kier molecular flexibility index (Phi) is 5.31. The number of halogens is 3. The number of aromatic nitrogens is 3. The molecule has 0 spiro atoms. The summed E-state index contributed by atoms with van der Waals surface area (Å²) in [5.74, 6) is -0.289. The van der Waals surface area contributed by atoms with E-state index >= 15 is 0 Å². The Labute approximate surface area is 137 Å². The average Bonchev–Trinajstić information content (AvgIpc) is 2.77. The predicted molar refractivity (Wildman–Crippen MR) is 82.2 cm³/mol. The molecule has 0 bridgehead atoms. The third-order valence-electron chi connectivity index (χ3n) is 2.54. The molecule has 0 atom stereocenters. The van der Waals surface area contributed by atoms with Crippen LogP contribution in [0, 0.1) is 0 Å². The molecule has 0 radical (unpaired) electrons. The zero-order chi connectivity index (χ0) is 14.7.